The van der Waals surface area contributed by atoms with Crippen molar-refractivity contribution in [3.63, 3.8) is 0 Å². The van der Waals surface area contributed by atoms with E-state index in [9.17, 15) is 4.79 Å². The summed E-state index contributed by atoms with van der Waals surface area (Å²) in [4.78, 5) is 16.3. The van der Waals surface area contributed by atoms with Crippen LogP contribution in [0.2, 0.25) is 0 Å². The lowest BCUT2D eigenvalue weighted by molar-refractivity contribution is -0.120. The summed E-state index contributed by atoms with van der Waals surface area (Å²) < 4.78 is 1.06. The third-order valence-corrected chi connectivity index (χ3v) is 4.81. The van der Waals surface area contributed by atoms with Crippen molar-refractivity contribution in [3.8, 4) is 0 Å². The molecule has 102 valence electrons. The van der Waals surface area contributed by atoms with Crippen LogP contribution < -0.4 is 5.32 Å². The number of halogens is 1. The number of hydrogen-bond acceptors (Lipinski definition) is 2. The lowest BCUT2D eigenvalue weighted by Gasteiger charge is -2.03. The van der Waals surface area contributed by atoms with Crippen molar-refractivity contribution < 1.29 is 4.79 Å². The molecular weight excluding hydrogens is 336 g/mol. The predicted molar refractivity (Wildman–Crippen MR) is 85.9 cm³/mol. The van der Waals surface area contributed by atoms with Crippen LogP contribution in [0.3, 0.4) is 0 Å². The maximum atomic E-state index is 12.0. The first-order chi connectivity index (χ1) is 9.72. The number of aromatic amines is 1. The maximum Gasteiger partial charge on any atom is 0.224 e. The van der Waals surface area contributed by atoms with Gasteiger partial charge >= 0.3 is 0 Å². The van der Waals surface area contributed by atoms with Crippen LogP contribution in [0.1, 0.15) is 10.4 Å². The molecule has 0 bridgehead atoms. The molecule has 3 nitrogen and oxygen atoms in total. The van der Waals surface area contributed by atoms with Crippen LogP contribution in [0.15, 0.2) is 46.4 Å². The van der Waals surface area contributed by atoms with Crippen LogP contribution in [0.25, 0.3) is 10.9 Å². The molecule has 20 heavy (non-hydrogen) atoms. The number of para-hydroxylation sites is 1. The van der Waals surface area contributed by atoms with Gasteiger partial charge in [0.25, 0.3) is 0 Å². The molecule has 3 rings (SSSR count). The molecule has 0 aliphatic carbocycles. The SMILES string of the molecule is O=C(Cc1c[nH]c2ccccc12)NCc1cc(Br)cs1. The summed E-state index contributed by atoms with van der Waals surface area (Å²) in [7, 11) is 0. The average molecular weight is 349 g/mol. The Bertz CT molecular complexity index is 747. The number of carbonyl (C=O) groups excluding carboxylic acids is 1. The van der Waals surface area contributed by atoms with Gasteiger partial charge in [-0.15, -0.1) is 11.3 Å². The summed E-state index contributed by atoms with van der Waals surface area (Å²) >= 11 is 5.04. The summed E-state index contributed by atoms with van der Waals surface area (Å²) in [6, 6.07) is 10.0. The summed E-state index contributed by atoms with van der Waals surface area (Å²) in [6.45, 7) is 0.581. The molecule has 1 aromatic carbocycles. The lowest BCUT2D eigenvalue weighted by atomic mass is 10.1. The van der Waals surface area contributed by atoms with Gasteiger partial charge in [0, 0.05) is 31.8 Å². The van der Waals surface area contributed by atoms with Crippen molar-refractivity contribution in [1.82, 2.24) is 10.3 Å². The molecule has 3 aromatic rings. The normalized spacial score (nSPS) is 10.8. The maximum absolute atomic E-state index is 12.0. The largest absolute Gasteiger partial charge is 0.361 e. The highest BCUT2D eigenvalue weighted by Gasteiger charge is 2.08. The first kappa shape index (κ1) is 13.4. The Kier molecular flexibility index (Phi) is 3.89. The lowest BCUT2D eigenvalue weighted by Crippen LogP contribution is -2.23. The average Bonchev–Trinajstić information content (AvgIpc) is 3.04. The number of aromatic nitrogens is 1. The van der Waals surface area contributed by atoms with E-state index in [1.54, 1.807) is 11.3 Å². The zero-order valence-electron chi connectivity index (χ0n) is 10.7. The molecule has 0 saturated heterocycles. The fourth-order valence-corrected chi connectivity index (χ4v) is 3.54. The Labute approximate surface area is 129 Å². The molecule has 2 aromatic heterocycles. The number of thiophene rings is 1. The quantitative estimate of drug-likeness (QED) is 0.738. The molecule has 5 heteroatoms. The monoisotopic (exact) mass is 348 g/mol. The molecule has 1 amide bonds. The first-order valence-electron chi connectivity index (χ1n) is 6.27. The Morgan fingerprint density at radius 2 is 2.20 bits per heavy atom. The first-order valence-corrected chi connectivity index (χ1v) is 7.94. The molecule has 0 aliphatic rings. The molecule has 0 unspecified atom stereocenters. The summed E-state index contributed by atoms with van der Waals surface area (Å²) in [6.07, 6.45) is 2.31. The van der Waals surface area contributed by atoms with Crippen LogP contribution in [-0.2, 0) is 17.8 Å². The second kappa shape index (κ2) is 5.81. The van der Waals surface area contributed by atoms with E-state index in [0.717, 1.165) is 25.8 Å². The molecule has 2 N–H and O–H groups in total. The van der Waals surface area contributed by atoms with Gasteiger partial charge in [-0.25, -0.2) is 0 Å². The van der Waals surface area contributed by atoms with Crippen molar-refractivity contribution in [1.29, 1.82) is 0 Å². The molecular formula is C15H13BrN2OS. The minimum atomic E-state index is 0.0410. The van der Waals surface area contributed by atoms with E-state index in [0.29, 0.717) is 13.0 Å². The standard InChI is InChI=1S/C15H13BrN2OS/c16-11-6-12(20-9-11)8-18-15(19)5-10-7-17-14-4-2-1-3-13(10)14/h1-4,6-7,9,17H,5,8H2,(H,18,19). The van der Waals surface area contributed by atoms with Gasteiger partial charge in [0.05, 0.1) is 13.0 Å². The molecule has 0 fully saturated rings. The number of rotatable bonds is 4. The summed E-state index contributed by atoms with van der Waals surface area (Å²) in [5.41, 5.74) is 2.10. The van der Waals surface area contributed by atoms with E-state index in [2.05, 4.69) is 26.2 Å². The number of benzene rings is 1. The molecule has 0 spiro atoms. The van der Waals surface area contributed by atoms with Crippen LogP contribution >= 0.6 is 27.3 Å². The minimum Gasteiger partial charge on any atom is -0.361 e. The van der Waals surface area contributed by atoms with E-state index >= 15 is 0 Å². The van der Waals surface area contributed by atoms with Crippen LogP contribution in [0, 0.1) is 0 Å². The van der Waals surface area contributed by atoms with Crippen LogP contribution in [0.4, 0.5) is 0 Å². The van der Waals surface area contributed by atoms with Crippen molar-refractivity contribution in [3.05, 3.63) is 56.8 Å². The third-order valence-electron chi connectivity index (χ3n) is 3.11. The molecule has 0 radical (unpaired) electrons. The second-order valence-electron chi connectivity index (χ2n) is 4.54. The van der Waals surface area contributed by atoms with Gasteiger partial charge in [0.2, 0.25) is 5.91 Å². The third kappa shape index (κ3) is 2.94. The highest BCUT2D eigenvalue weighted by Crippen LogP contribution is 2.20. The molecule has 2 heterocycles. The smallest absolute Gasteiger partial charge is 0.224 e. The van der Waals surface area contributed by atoms with Crippen LogP contribution in [-0.4, -0.2) is 10.9 Å². The fraction of sp³-hybridized carbons (Fsp3) is 0.133. The second-order valence-corrected chi connectivity index (χ2v) is 6.46. The van der Waals surface area contributed by atoms with Crippen LogP contribution in [0.5, 0.6) is 0 Å². The minimum absolute atomic E-state index is 0.0410. The van der Waals surface area contributed by atoms with E-state index < -0.39 is 0 Å². The number of amides is 1. The van der Waals surface area contributed by atoms with Gasteiger partial charge in [-0.05, 0) is 33.6 Å². The van der Waals surface area contributed by atoms with E-state index in [-0.39, 0.29) is 5.91 Å². The number of hydrogen-bond donors (Lipinski definition) is 2. The highest BCUT2D eigenvalue weighted by atomic mass is 79.9. The number of H-pyrrole nitrogens is 1. The van der Waals surface area contributed by atoms with E-state index in [4.69, 9.17) is 0 Å². The Hall–Kier alpha value is -1.59. The van der Waals surface area contributed by atoms with Crippen molar-refractivity contribution in [2.24, 2.45) is 0 Å². The zero-order valence-corrected chi connectivity index (χ0v) is 13.1. The van der Waals surface area contributed by atoms with E-state index in [1.165, 1.54) is 0 Å². The zero-order chi connectivity index (χ0) is 13.9. The molecule has 0 saturated carbocycles. The Morgan fingerprint density at radius 3 is 3.00 bits per heavy atom. The van der Waals surface area contributed by atoms with Gasteiger partial charge < -0.3 is 10.3 Å². The number of nitrogens with one attached hydrogen (secondary N) is 2. The molecule has 0 aliphatic heterocycles. The van der Waals surface area contributed by atoms with Gasteiger partial charge in [-0.3, -0.25) is 4.79 Å². The summed E-state index contributed by atoms with van der Waals surface area (Å²) in [5.74, 6) is 0.0410. The number of fused-ring (bicyclic) bond motifs is 1. The van der Waals surface area contributed by atoms with Gasteiger partial charge in [0.15, 0.2) is 0 Å². The highest BCUT2D eigenvalue weighted by molar-refractivity contribution is 9.10. The van der Waals surface area contributed by atoms with Gasteiger partial charge in [-0.1, -0.05) is 18.2 Å². The van der Waals surface area contributed by atoms with Gasteiger partial charge in [-0.2, -0.15) is 0 Å². The van der Waals surface area contributed by atoms with Crippen molar-refractivity contribution in [2.45, 2.75) is 13.0 Å². The Morgan fingerprint density at radius 1 is 1.35 bits per heavy atom. The van der Waals surface area contributed by atoms with Crippen molar-refractivity contribution in [2.75, 3.05) is 0 Å². The molecule has 0 atom stereocenters. The topological polar surface area (TPSA) is 44.9 Å². The fourth-order valence-electron chi connectivity index (χ4n) is 2.15. The van der Waals surface area contributed by atoms with Crippen molar-refractivity contribution >= 4 is 44.1 Å². The predicted octanol–water partition coefficient (Wildman–Crippen LogP) is 3.85. The van der Waals surface area contributed by atoms with E-state index in [1.807, 2.05) is 41.9 Å². The summed E-state index contributed by atoms with van der Waals surface area (Å²) in [5, 5.41) is 6.08. The Balaban J connectivity index is 1.64. The van der Waals surface area contributed by atoms with Gasteiger partial charge in [0.1, 0.15) is 0 Å². The number of carbonyl (C=O) groups is 1.